The van der Waals surface area contributed by atoms with E-state index in [0.717, 1.165) is 20.8 Å². The normalized spacial score (nSPS) is 5.36. The number of rotatable bonds is 0. The second kappa shape index (κ2) is 22.9. The summed E-state index contributed by atoms with van der Waals surface area (Å²) in [5, 5.41) is 26.7. The Morgan fingerprint density at radius 2 is 0.714 bits per heavy atom. The standard InChI is InChI=1S/3C2H4O2.Li.Ni/c3*1-2(3)4;;/h3*1H3,(H,3,4);;/q;;;+1;+2/p-3. The van der Waals surface area contributed by atoms with Crippen molar-refractivity contribution in [1.29, 1.82) is 0 Å². The summed E-state index contributed by atoms with van der Waals surface area (Å²) in [5.74, 6) is -3.25. The number of carboxylic acids is 3. The zero-order chi connectivity index (χ0) is 10.7. The van der Waals surface area contributed by atoms with E-state index in [0.29, 0.717) is 0 Å². The summed E-state index contributed by atoms with van der Waals surface area (Å²) in [4.78, 5) is 26.7. The van der Waals surface area contributed by atoms with Crippen molar-refractivity contribution in [3.63, 3.8) is 0 Å². The molecule has 0 saturated carbocycles. The molecule has 0 aromatic heterocycles. The van der Waals surface area contributed by atoms with Crippen LogP contribution in [0.15, 0.2) is 0 Å². The quantitative estimate of drug-likeness (QED) is 0.390. The third-order valence-corrected chi connectivity index (χ3v) is 0. The van der Waals surface area contributed by atoms with E-state index in [1.807, 2.05) is 0 Å². The topological polar surface area (TPSA) is 120 Å². The zero-order valence-electron chi connectivity index (χ0n) is 8.27. The summed E-state index contributed by atoms with van der Waals surface area (Å²) >= 11 is 0. The Bertz CT molecular complexity index is 120. The maximum absolute atomic E-state index is 8.89. The number of hydrogen-bond acceptors (Lipinski definition) is 6. The van der Waals surface area contributed by atoms with E-state index in [9.17, 15) is 0 Å². The van der Waals surface area contributed by atoms with Gasteiger partial charge in [-0.05, 0) is 20.8 Å². The average Bonchev–Trinajstić information content (AvgIpc) is 1.54. The van der Waals surface area contributed by atoms with Gasteiger partial charge >= 0.3 is 35.4 Å². The molecule has 6 nitrogen and oxygen atoms in total. The Kier molecular flexibility index (Phi) is 47.7. The summed E-state index contributed by atoms with van der Waals surface area (Å²) in [7, 11) is 0. The van der Waals surface area contributed by atoms with Gasteiger partial charge in [0.15, 0.2) is 0 Å². The molecular formula is C6H9LiNiO6. The number of carbonyl (C=O) groups excluding carboxylic acids is 3. The molecule has 8 heteroatoms. The van der Waals surface area contributed by atoms with Crippen molar-refractivity contribution in [3.05, 3.63) is 0 Å². The monoisotopic (exact) mass is 242 g/mol. The largest absolute Gasteiger partial charge is 2.00 e. The third kappa shape index (κ3) is 5090. The van der Waals surface area contributed by atoms with Gasteiger partial charge in [-0.3, -0.25) is 0 Å². The Morgan fingerprint density at radius 1 is 0.714 bits per heavy atom. The molecule has 0 aliphatic carbocycles. The molecule has 14 heavy (non-hydrogen) atoms. The van der Waals surface area contributed by atoms with Crippen LogP contribution in [-0.2, 0) is 30.9 Å². The summed E-state index contributed by atoms with van der Waals surface area (Å²) < 4.78 is 0. The molecule has 0 unspecified atom stereocenters. The van der Waals surface area contributed by atoms with Crippen LogP contribution in [0, 0.1) is 0 Å². The predicted molar refractivity (Wildman–Crippen MR) is 32.0 cm³/mol. The molecule has 0 amide bonds. The molecule has 0 aromatic carbocycles. The van der Waals surface area contributed by atoms with E-state index in [1.165, 1.54) is 0 Å². The number of hydrogen-bond donors (Lipinski definition) is 0. The van der Waals surface area contributed by atoms with Crippen LogP contribution in [0.5, 0.6) is 0 Å². The summed E-state index contributed by atoms with van der Waals surface area (Å²) in [6.07, 6.45) is 0. The SMILES string of the molecule is CC(=O)[O-].CC(=O)[O-].CC(=O)[O-].[Li+].[Ni+2]. The van der Waals surface area contributed by atoms with Crippen molar-refractivity contribution >= 4 is 17.9 Å². The van der Waals surface area contributed by atoms with Gasteiger partial charge in [-0.1, -0.05) is 0 Å². The van der Waals surface area contributed by atoms with Crippen molar-refractivity contribution in [3.8, 4) is 0 Å². The Morgan fingerprint density at radius 3 is 0.714 bits per heavy atom. The Labute approximate surface area is 104 Å². The fraction of sp³-hybridized carbons (Fsp3) is 0.500. The van der Waals surface area contributed by atoms with Crippen LogP contribution >= 0.6 is 0 Å². The molecule has 0 atom stereocenters. The average molecular weight is 243 g/mol. The zero-order valence-corrected chi connectivity index (χ0v) is 9.25. The van der Waals surface area contributed by atoms with E-state index < -0.39 is 17.9 Å². The molecule has 0 radical (unpaired) electrons. The first-order chi connectivity index (χ1) is 5.20. The van der Waals surface area contributed by atoms with Gasteiger partial charge < -0.3 is 29.7 Å². The molecule has 0 bridgehead atoms. The molecule has 0 saturated heterocycles. The number of carboxylic acid groups (broad SMARTS) is 3. The summed E-state index contributed by atoms with van der Waals surface area (Å²) in [5.41, 5.74) is 0. The van der Waals surface area contributed by atoms with E-state index in [1.54, 1.807) is 0 Å². The first-order valence-electron chi connectivity index (χ1n) is 2.72. The van der Waals surface area contributed by atoms with E-state index in [4.69, 9.17) is 29.7 Å². The van der Waals surface area contributed by atoms with Crippen molar-refractivity contribution in [2.45, 2.75) is 20.8 Å². The van der Waals surface area contributed by atoms with E-state index in [-0.39, 0.29) is 35.4 Å². The molecule has 0 spiro atoms. The molecule has 0 N–H and O–H groups in total. The van der Waals surface area contributed by atoms with Gasteiger partial charge in [0.05, 0.1) is 0 Å². The van der Waals surface area contributed by atoms with Crippen LogP contribution in [-0.4, -0.2) is 17.9 Å². The van der Waals surface area contributed by atoms with Gasteiger partial charge in [0.25, 0.3) is 0 Å². The minimum Gasteiger partial charge on any atom is -0.550 e. The molecule has 0 fully saturated rings. The Balaban J connectivity index is -0.0000000270. The molecule has 80 valence electrons. The Hall–Kier alpha value is -0.499. The fourth-order valence-corrected chi connectivity index (χ4v) is 0. The van der Waals surface area contributed by atoms with Crippen molar-refractivity contribution in [1.82, 2.24) is 0 Å². The maximum atomic E-state index is 8.89. The first-order valence-corrected chi connectivity index (χ1v) is 2.72. The summed E-state index contributed by atoms with van der Waals surface area (Å²) in [6, 6.07) is 0. The molecule has 0 aliphatic rings. The van der Waals surface area contributed by atoms with Crippen LogP contribution < -0.4 is 34.2 Å². The predicted octanol–water partition coefficient (Wildman–Crippen LogP) is -6.73. The summed E-state index contributed by atoms with van der Waals surface area (Å²) in [6.45, 7) is 2.92. The van der Waals surface area contributed by atoms with E-state index >= 15 is 0 Å². The van der Waals surface area contributed by atoms with Crippen LogP contribution in [0.25, 0.3) is 0 Å². The van der Waals surface area contributed by atoms with Gasteiger partial charge in [0, 0.05) is 17.9 Å². The fourth-order valence-electron chi connectivity index (χ4n) is 0. The van der Waals surface area contributed by atoms with Crippen molar-refractivity contribution in [2.75, 3.05) is 0 Å². The molecular weight excluding hydrogens is 234 g/mol. The van der Waals surface area contributed by atoms with Gasteiger partial charge in [0.1, 0.15) is 0 Å². The minimum atomic E-state index is -1.08. The van der Waals surface area contributed by atoms with Crippen molar-refractivity contribution in [2.24, 2.45) is 0 Å². The third-order valence-electron chi connectivity index (χ3n) is 0. The minimum absolute atomic E-state index is 0. The first kappa shape index (κ1) is 29.2. The molecule has 0 aliphatic heterocycles. The van der Waals surface area contributed by atoms with E-state index in [2.05, 4.69) is 0 Å². The molecule has 0 heterocycles. The van der Waals surface area contributed by atoms with Crippen LogP contribution in [0.3, 0.4) is 0 Å². The second-order valence-corrected chi connectivity index (χ2v) is 1.47. The molecule has 0 rings (SSSR count). The molecule has 0 aromatic rings. The van der Waals surface area contributed by atoms with Gasteiger partial charge in [0.2, 0.25) is 0 Å². The van der Waals surface area contributed by atoms with Crippen LogP contribution in [0.4, 0.5) is 0 Å². The number of aliphatic carboxylic acids is 3. The van der Waals surface area contributed by atoms with Crippen molar-refractivity contribution < 1.29 is 65.1 Å². The van der Waals surface area contributed by atoms with Gasteiger partial charge in [-0.2, -0.15) is 0 Å². The van der Waals surface area contributed by atoms with Crippen LogP contribution in [0.2, 0.25) is 0 Å². The maximum Gasteiger partial charge on any atom is 2.00 e. The smallest absolute Gasteiger partial charge is 0.550 e. The van der Waals surface area contributed by atoms with Crippen LogP contribution in [0.1, 0.15) is 20.8 Å². The number of carbonyl (C=O) groups is 3. The second-order valence-electron chi connectivity index (χ2n) is 1.47. The van der Waals surface area contributed by atoms with Gasteiger partial charge in [-0.25, -0.2) is 0 Å². The van der Waals surface area contributed by atoms with Gasteiger partial charge in [-0.15, -0.1) is 0 Å².